The van der Waals surface area contributed by atoms with Crippen molar-refractivity contribution in [2.75, 3.05) is 33.4 Å². The third kappa shape index (κ3) is 8.84. The highest BCUT2D eigenvalue weighted by Gasteiger charge is 2.38. The number of rotatable bonds is 13. The van der Waals surface area contributed by atoms with E-state index in [0.29, 0.717) is 23.6 Å². The first-order valence-corrected chi connectivity index (χ1v) is 12.1. The lowest BCUT2D eigenvalue weighted by molar-refractivity contribution is -0.947. The van der Waals surface area contributed by atoms with Gasteiger partial charge < -0.3 is 38.2 Å². The van der Waals surface area contributed by atoms with Crippen molar-refractivity contribution >= 4 is 23.5 Å². The van der Waals surface area contributed by atoms with E-state index < -0.39 is 6.16 Å². The molecule has 0 bridgehead atoms. The van der Waals surface area contributed by atoms with Gasteiger partial charge in [0, 0.05) is 18.4 Å². The zero-order valence-corrected chi connectivity index (χ0v) is 22.4. The Hall–Kier alpha value is -0.940. The van der Waals surface area contributed by atoms with Crippen molar-refractivity contribution in [1.29, 1.82) is 0 Å². The first-order chi connectivity index (χ1) is 14.5. The standard InChI is InChI=1S/C22H38N3O4S.HI/c1-5-8-10-11-16-27-21-20(23-30-24-21)18-13-12-14-25(4,17-18)19(7-3)29-22(26)28-15-9-6-2;/h13,19H,5-12,14-17H2,1-4H3;1H/q+1;/p-1. The summed E-state index contributed by atoms with van der Waals surface area (Å²) < 4.78 is 26.3. The van der Waals surface area contributed by atoms with Crippen LogP contribution in [0.15, 0.2) is 6.08 Å². The van der Waals surface area contributed by atoms with Crippen molar-refractivity contribution in [3.63, 3.8) is 0 Å². The highest BCUT2D eigenvalue weighted by Crippen LogP contribution is 2.32. The van der Waals surface area contributed by atoms with Gasteiger partial charge in [0.25, 0.3) is 5.88 Å². The van der Waals surface area contributed by atoms with Gasteiger partial charge in [-0.05, 0) is 12.8 Å². The molecule has 2 heterocycles. The molecule has 0 saturated carbocycles. The number of ether oxygens (including phenoxy) is 3. The molecule has 0 aromatic carbocycles. The molecule has 2 unspecified atom stereocenters. The maximum absolute atomic E-state index is 12.1. The number of aromatic nitrogens is 2. The Labute approximate surface area is 208 Å². The Bertz CT molecular complexity index is 685. The predicted molar refractivity (Wildman–Crippen MR) is 119 cm³/mol. The summed E-state index contributed by atoms with van der Waals surface area (Å²) in [6, 6.07) is 0. The zero-order valence-electron chi connectivity index (χ0n) is 19.4. The van der Waals surface area contributed by atoms with Crippen molar-refractivity contribution < 1.29 is 47.5 Å². The third-order valence-corrected chi connectivity index (χ3v) is 6.07. The predicted octanol–water partition coefficient (Wildman–Crippen LogP) is 2.42. The Balaban J connectivity index is 0.00000480. The van der Waals surface area contributed by atoms with Gasteiger partial charge >= 0.3 is 6.16 Å². The molecular formula is C22H38IN3O4S. The minimum absolute atomic E-state index is 0. The molecule has 0 radical (unpaired) electrons. The normalized spacial score (nSPS) is 19.2. The molecule has 0 aliphatic carbocycles. The fourth-order valence-corrected chi connectivity index (χ4v) is 4.28. The summed E-state index contributed by atoms with van der Waals surface area (Å²) in [7, 11) is 2.13. The number of hydrogen-bond donors (Lipinski definition) is 0. The number of quaternary nitrogens is 1. The summed E-state index contributed by atoms with van der Waals surface area (Å²) in [5.41, 5.74) is 1.95. The molecule has 31 heavy (non-hydrogen) atoms. The van der Waals surface area contributed by atoms with Gasteiger partial charge in [0.2, 0.25) is 6.23 Å². The van der Waals surface area contributed by atoms with Crippen molar-refractivity contribution in [3.8, 4) is 5.88 Å². The summed E-state index contributed by atoms with van der Waals surface area (Å²) in [5, 5.41) is 0. The molecule has 178 valence electrons. The smallest absolute Gasteiger partial charge is 0.512 e. The maximum atomic E-state index is 12.1. The Kier molecular flexibility index (Phi) is 13.6. The largest absolute Gasteiger partial charge is 1.00 e. The zero-order chi connectivity index (χ0) is 21.8. The molecule has 2 atom stereocenters. The number of halogens is 1. The first-order valence-electron chi connectivity index (χ1n) is 11.4. The minimum atomic E-state index is -0.572. The topological polar surface area (TPSA) is 70.5 Å². The second-order valence-electron chi connectivity index (χ2n) is 8.14. The number of nitrogens with zero attached hydrogens (tertiary/aromatic N) is 3. The molecule has 0 spiro atoms. The van der Waals surface area contributed by atoms with Crippen molar-refractivity contribution in [2.45, 2.75) is 78.4 Å². The molecule has 0 saturated heterocycles. The highest BCUT2D eigenvalue weighted by atomic mass is 127. The van der Waals surface area contributed by atoms with Crippen LogP contribution in [0.1, 0.15) is 77.8 Å². The van der Waals surface area contributed by atoms with Crippen molar-refractivity contribution in [2.24, 2.45) is 0 Å². The number of carbonyl (C=O) groups is 1. The van der Waals surface area contributed by atoms with E-state index in [1.807, 2.05) is 6.92 Å². The van der Waals surface area contributed by atoms with Crippen LogP contribution in [0, 0.1) is 0 Å². The van der Waals surface area contributed by atoms with Gasteiger partial charge in [0.05, 0.1) is 38.5 Å². The second kappa shape index (κ2) is 15.0. The van der Waals surface area contributed by atoms with Gasteiger partial charge in [-0.1, -0.05) is 52.5 Å². The highest BCUT2D eigenvalue weighted by molar-refractivity contribution is 6.99. The van der Waals surface area contributed by atoms with Crippen LogP contribution in [0.4, 0.5) is 4.79 Å². The van der Waals surface area contributed by atoms with Crippen LogP contribution in [0.3, 0.4) is 0 Å². The fraction of sp³-hybridized carbons (Fsp3) is 0.773. The van der Waals surface area contributed by atoms with E-state index in [-0.39, 0.29) is 30.2 Å². The van der Waals surface area contributed by atoms with Crippen molar-refractivity contribution in [3.05, 3.63) is 11.8 Å². The van der Waals surface area contributed by atoms with Crippen LogP contribution in [0.25, 0.3) is 5.57 Å². The van der Waals surface area contributed by atoms with Gasteiger partial charge in [-0.3, -0.25) is 4.48 Å². The van der Waals surface area contributed by atoms with E-state index in [2.05, 4.69) is 35.7 Å². The maximum Gasteiger partial charge on any atom is 0.512 e. The summed E-state index contributed by atoms with van der Waals surface area (Å²) >= 11 is 1.19. The minimum Gasteiger partial charge on any atom is -1.00 e. The van der Waals surface area contributed by atoms with Crippen LogP contribution in [0.2, 0.25) is 0 Å². The number of hydrogen-bond acceptors (Lipinski definition) is 7. The van der Waals surface area contributed by atoms with Gasteiger partial charge in [0.15, 0.2) is 0 Å². The molecular weight excluding hydrogens is 529 g/mol. The van der Waals surface area contributed by atoms with E-state index in [4.69, 9.17) is 14.2 Å². The Morgan fingerprint density at radius 1 is 1.13 bits per heavy atom. The fourth-order valence-electron chi connectivity index (χ4n) is 3.75. The molecule has 1 aliphatic heterocycles. The first kappa shape index (κ1) is 28.1. The number of unbranched alkanes of at least 4 members (excludes halogenated alkanes) is 4. The molecule has 0 fully saturated rings. The summed E-state index contributed by atoms with van der Waals surface area (Å²) in [6.45, 7) is 9.00. The Morgan fingerprint density at radius 2 is 1.90 bits per heavy atom. The van der Waals surface area contributed by atoms with Gasteiger partial charge in [-0.15, -0.1) is 4.37 Å². The van der Waals surface area contributed by atoms with Crippen LogP contribution in [0.5, 0.6) is 5.88 Å². The average Bonchev–Trinajstić information content (AvgIpc) is 3.20. The molecule has 2 rings (SSSR count). The lowest BCUT2D eigenvalue weighted by atomic mass is 10.0. The van der Waals surface area contributed by atoms with Crippen LogP contribution >= 0.6 is 11.7 Å². The number of likely N-dealkylation sites (N-methyl/N-ethyl adjacent to an activating group) is 1. The van der Waals surface area contributed by atoms with Gasteiger partial charge in [-0.25, -0.2) is 4.79 Å². The summed E-state index contributed by atoms with van der Waals surface area (Å²) in [6.07, 6.45) is 9.48. The van der Waals surface area contributed by atoms with Crippen LogP contribution in [-0.4, -0.2) is 59.0 Å². The van der Waals surface area contributed by atoms with Crippen molar-refractivity contribution in [1.82, 2.24) is 8.75 Å². The third-order valence-electron chi connectivity index (χ3n) is 5.56. The van der Waals surface area contributed by atoms with E-state index in [1.165, 1.54) is 31.0 Å². The van der Waals surface area contributed by atoms with E-state index in [0.717, 1.165) is 56.5 Å². The van der Waals surface area contributed by atoms with E-state index in [9.17, 15) is 4.79 Å². The molecule has 1 aromatic heterocycles. The van der Waals surface area contributed by atoms with Gasteiger partial charge in [0.1, 0.15) is 12.2 Å². The SMILES string of the molecule is CCCCCCOc1nsnc1C1=CCC[N+](C)(C(CC)OC(=O)OCCCC)C1.[I-]. The lowest BCUT2D eigenvalue weighted by Gasteiger charge is -2.42. The molecule has 1 aliphatic rings. The monoisotopic (exact) mass is 567 g/mol. The average molecular weight is 568 g/mol. The number of carbonyl (C=O) groups excluding carboxylic acids is 1. The molecule has 9 heteroatoms. The van der Waals surface area contributed by atoms with Crippen LogP contribution < -0.4 is 28.7 Å². The molecule has 7 nitrogen and oxygen atoms in total. The van der Waals surface area contributed by atoms with Gasteiger partial charge in [-0.2, -0.15) is 4.37 Å². The quantitative estimate of drug-likeness (QED) is 0.158. The molecule has 1 aromatic rings. The summed E-state index contributed by atoms with van der Waals surface area (Å²) in [4.78, 5) is 12.1. The van der Waals surface area contributed by atoms with Crippen LogP contribution in [-0.2, 0) is 9.47 Å². The Morgan fingerprint density at radius 3 is 2.61 bits per heavy atom. The van der Waals surface area contributed by atoms with E-state index in [1.54, 1.807) is 0 Å². The summed E-state index contributed by atoms with van der Waals surface area (Å²) in [5.74, 6) is 0.629. The second-order valence-corrected chi connectivity index (χ2v) is 8.67. The molecule has 0 N–H and O–H groups in total. The molecule has 0 amide bonds. The van der Waals surface area contributed by atoms with E-state index >= 15 is 0 Å². The lowest BCUT2D eigenvalue weighted by Crippen LogP contribution is -3.00.